The summed E-state index contributed by atoms with van der Waals surface area (Å²) in [5.41, 5.74) is -4.62. The second-order valence-corrected chi connectivity index (χ2v) is 4.64. The van der Waals surface area contributed by atoms with Gasteiger partial charge in [0.25, 0.3) is 6.43 Å². The summed E-state index contributed by atoms with van der Waals surface area (Å²) in [5, 5.41) is 0. The van der Waals surface area contributed by atoms with E-state index in [-0.39, 0.29) is 5.56 Å². The maximum atomic E-state index is 13.1. The fraction of sp³-hybridized carbons (Fsp3) is 0.200. The molecule has 0 radical (unpaired) electrons. The molecule has 0 nitrogen and oxygen atoms in total. The molecule has 0 aliphatic rings. The summed E-state index contributed by atoms with van der Waals surface area (Å²) in [6, 6.07) is 5.43. The van der Waals surface area contributed by atoms with E-state index in [2.05, 4.69) is 0 Å². The first-order valence-electron chi connectivity index (χ1n) is 6.17. The highest BCUT2D eigenvalue weighted by Crippen LogP contribution is 2.42. The topological polar surface area (TPSA) is 0 Å². The van der Waals surface area contributed by atoms with E-state index in [1.54, 1.807) is 0 Å². The first-order chi connectivity index (χ1) is 10.5. The van der Waals surface area contributed by atoms with Crippen LogP contribution in [-0.2, 0) is 12.4 Å². The average molecular weight is 340 g/mol. The van der Waals surface area contributed by atoms with E-state index in [9.17, 15) is 35.1 Å². The van der Waals surface area contributed by atoms with Crippen molar-refractivity contribution in [1.29, 1.82) is 0 Å². The monoisotopic (exact) mass is 340 g/mol. The summed E-state index contributed by atoms with van der Waals surface area (Å²) in [6.45, 7) is 0. The molecule has 0 heterocycles. The van der Waals surface area contributed by atoms with E-state index in [0.29, 0.717) is 18.2 Å². The molecule has 0 saturated carbocycles. The minimum absolute atomic E-state index is 0.229. The highest BCUT2D eigenvalue weighted by molar-refractivity contribution is 5.70. The highest BCUT2D eigenvalue weighted by atomic mass is 19.4. The summed E-state index contributed by atoms with van der Waals surface area (Å²) >= 11 is 0. The molecule has 2 aromatic rings. The summed E-state index contributed by atoms with van der Waals surface area (Å²) in [7, 11) is 0. The third-order valence-electron chi connectivity index (χ3n) is 3.14. The molecule has 0 aliphatic heterocycles. The Balaban J connectivity index is 2.62. The van der Waals surface area contributed by atoms with Crippen molar-refractivity contribution in [1.82, 2.24) is 0 Å². The van der Waals surface area contributed by atoms with Crippen LogP contribution in [0.3, 0.4) is 0 Å². The fourth-order valence-electron chi connectivity index (χ4n) is 2.15. The number of hydrogen-bond donors (Lipinski definition) is 0. The Labute approximate surface area is 125 Å². The first-order valence-corrected chi connectivity index (χ1v) is 6.17. The van der Waals surface area contributed by atoms with Gasteiger partial charge in [0, 0.05) is 5.56 Å². The zero-order valence-corrected chi connectivity index (χ0v) is 11.1. The van der Waals surface area contributed by atoms with Gasteiger partial charge in [-0.3, -0.25) is 0 Å². The van der Waals surface area contributed by atoms with E-state index in [4.69, 9.17) is 0 Å². The van der Waals surface area contributed by atoms with Gasteiger partial charge in [0.15, 0.2) is 0 Å². The minimum Gasteiger partial charge on any atom is -0.205 e. The van der Waals surface area contributed by atoms with Crippen molar-refractivity contribution < 1.29 is 35.1 Å². The second-order valence-electron chi connectivity index (χ2n) is 4.64. The third-order valence-corrected chi connectivity index (χ3v) is 3.14. The van der Waals surface area contributed by atoms with Gasteiger partial charge in [-0.25, -0.2) is 8.78 Å². The lowest BCUT2D eigenvalue weighted by Crippen LogP contribution is -2.12. The molecule has 2 rings (SSSR count). The number of hydrogen-bond acceptors (Lipinski definition) is 0. The van der Waals surface area contributed by atoms with Crippen molar-refractivity contribution in [2.24, 2.45) is 0 Å². The van der Waals surface area contributed by atoms with Crippen LogP contribution >= 0.6 is 0 Å². The Hall–Kier alpha value is -2.12. The number of alkyl halides is 8. The summed E-state index contributed by atoms with van der Waals surface area (Å²) in [6.07, 6.45) is -13.1. The van der Waals surface area contributed by atoms with Crippen LogP contribution in [0.15, 0.2) is 42.5 Å². The Morgan fingerprint density at radius 1 is 0.696 bits per heavy atom. The number of halogens is 8. The highest BCUT2D eigenvalue weighted by Gasteiger charge is 2.38. The van der Waals surface area contributed by atoms with E-state index in [1.807, 2.05) is 0 Å². The zero-order valence-electron chi connectivity index (χ0n) is 11.1. The summed E-state index contributed by atoms with van der Waals surface area (Å²) in [5.74, 6) is 0. The molecule has 0 atom stereocenters. The molecule has 8 heteroatoms. The minimum atomic E-state index is -5.06. The molecule has 0 aliphatic carbocycles. The second kappa shape index (κ2) is 5.82. The van der Waals surface area contributed by atoms with Crippen molar-refractivity contribution in [3.8, 4) is 11.1 Å². The molecule has 0 bridgehead atoms. The quantitative estimate of drug-likeness (QED) is 0.561. The van der Waals surface area contributed by atoms with Gasteiger partial charge >= 0.3 is 12.4 Å². The molecule has 0 N–H and O–H groups in total. The van der Waals surface area contributed by atoms with Crippen molar-refractivity contribution in [2.75, 3.05) is 0 Å². The van der Waals surface area contributed by atoms with Gasteiger partial charge in [-0.05, 0) is 23.3 Å². The predicted molar refractivity (Wildman–Crippen MR) is 66.8 cm³/mol. The van der Waals surface area contributed by atoms with Crippen molar-refractivity contribution >= 4 is 0 Å². The van der Waals surface area contributed by atoms with Crippen molar-refractivity contribution in [2.45, 2.75) is 18.8 Å². The molecule has 0 spiro atoms. The largest absolute Gasteiger partial charge is 0.417 e. The van der Waals surface area contributed by atoms with Crippen LogP contribution in [0.4, 0.5) is 35.1 Å². The van der Waals surface area contributed by atoms with Gasteiger partial charge in [-0.2, -0.15) is 26.3 Å². The standard InChI is InChI=1S/C15H8F8/c16-13(17)11-3-1-2-10(12(11)15(21,22)23)8-4-6-9(7-5-8)14(18,19)20/h1-7,13H. The Morgan fingerprint density at radius 3 is 1.70 bits per heavy atom. The van der Waals surface area contributed by atoms with Gasteiger partial charge in [-0.1, -0.05) is 30.3 Å². The average Bonchev–Trinajstić information content (AvgIpc) is 2.44. The molecular weight excluding hydrogens is 332 g/mol. The predicted octanol–water partition coefficient (Wildman–Crippen LogP) is 6.33. The molecule has 23 heavy (non-hydrogen) atoms. The van der Waals surface area contributed by atoms with Gasteiger partial charge in [-0.15, -0.1) is 0 Å². The van der Waals surface area contributed by atoms with Crippen LogP contribution in [-0.4, -0.2) is 0 Å². The molecule has 124 valence electrons. The molecular formula is C15H8F8. The SMILES string of the molecule is FC(F)c1cccc(-c2ccc(C(F)(F)F)cc2)c1C(F)(F)F. The van der Waals surface area contributed by atoms with Gasteiger partial charge < -0.3 is 0 Å². The lowest BCUT2D eigenvalue weighted by atomic mass is 9.94. The maximum absolute atomic E-state index is 13.1. The smallest absolute Gasteiger partial charge is 0.205 e. The fourth-order valence-corrected chi connectivity index (χ4v) is 2.15. The van der Waals surface area contributed by atoms with E-state index < -0.39 is 41.0 Å². The molecule has 2 aromatic carbocycles. The normalized spacial score (nSPS) is 12.7. The van der Waals surface area contributed by atoms with Gasteiger partial charge in [0.05, 0.1) is 11.1 Å². The van der Waals surface area contributed by atoms with Gasteiger partial charge in [0.2, 0.25) is 0 Å². The zero-order chi connectivity index (χ0) is 17.4. The summed E-state index contributed by atoms with van der Waals surface area (Å²) < 4.78 is 102. The van der Waals surface area contributed by atoms with Crippen LogP contribution in [0.25, 0.3) is 11.1 Å². The maximum Gasteiger partial charge on any atom is 0.417 e. The Kier molecular flexibility index (Phi) is 4.37. The Bertz CT molecular complexity index is 680. The first kappa shape index (κ1) is 17.2. The lowest BCUT2D eigenvalue weighted by Gasteiger charge is -2.17. The van der Waals surface area contributed by atoms with Crippen LogP contribution in [0.2, 0.25) is 0 Å². The third kappa shape index (κ3) is 3.62. The van der Waals surface area contributed by atoms with Crippen LogP contribution in [0.5, 0.6) is 0 Å². The van der Waals surface area contributed by atoms with Crippen LogP contribution < -0.4 is 0 Å². The van der Waals surface area contributed by atoms with E-state index in [1.165, 1.54) is 0 Å². The number of benzene rings is 2. The molecule has 0 unspecified atom stereocenters. The van der Waals surface area contributed by atoms with Gasteiger partial charge in [0.1, 0.15) is 0 Å². The van der Waals surface area contributed by atoms with Crippen LogP contribution in [0.1, 0.15) is 23.1 Å². The molecule has 0 aromatic heterocycles. The molecule has 0 amide bonds. The van der Waals surface area contributed by atoms with Crippen molar-refractivity contribution in [3.63, 3.8) is 0 Å². The lowest BCUT2D eigenvalue weighted by molar-refractivity contribution is -0.139. The van der Waals surface area contributed by atoms with Crippen molar-refractivity contribution in [3.05, 3.63) is 59.2 Å². The summed E-state index contributed by atoms with van der Waals surface area (Å²) in [4.78, 5) is 0. The molecule has 0 saturated heterocycles. The Morgan fingerprint density at radius 2 is 1.26 bits per heavy atom. The van der Waals surface area contributed by atoms with Crippen LogP contribution in [0, 0.1) is 0 Å². The van der Waals surface area contributed by atoms with E-state index in [0.717, 1.165) is 24.3 Å². The van der Waals surface area contributed by atoms with E-state index >= 15 is 0 Å². The molecule has 0 fully saturated rings. The number of rotatable bonds is 2.